The molecule has 0 spiro atoms. The van der Waals surface area contributed by atoms with E-state index in [1.54, 1.807) is 39.3 Å². The van der Waals surface area contributed by atoms with Crippen molar-refractivity contribution < 1.29 is 18.7 Å². The average molecular weight is 476 g/mol. The molecule has 2 heterocycles. The van der Waals surface area contributed by atoms with Gasteiger partial charge < -0.3 is 19.9 Å². The highest BCUT2D eigenvalue weighted by atomic mass is 32.1. The van der Waals surface area contributed by atoms with E-state index in [0.717, 1.165) is 18.4 Å². The molecule has 0 fully saturated rings. The molecule has 0 saturated heterocycles. The van der Waals surface area contributed by atoms with Gasteiger partial charge in [-0.1, -0.05) is 19.1 Å². The van der Waals surface area contributed by atoms with Gasteiger partial charge in [0.15, 0.2) is 11.6 Å². The summed E-state index contributed by atoms with van der Waals surface area (Å²) in [7, 11) is 0. The fourth-order valence-electron chi connectivity index (χ4n) is 3.88. The van der Waals surface area contributed by atoms with Gasteiger partial charge in [0.25, 0.3) is 0 Å². The Balaban J connectivity index is 1.80. The van der Waals surface area contributed by atoms with Gasteiger partial charge in [-0.25, -0.2) is 9.18 Å². The molecule has 33 heavy (non-hydrogen) atoms. The third-order valence-corrected chi connectivity index (χ3v) is 6.82. The number of halogens is 1. The largest absolute Gasteiger partial charge is 0.488 e. The van der Waals surface area contributed by atoms with Gasteiger partial charge in [-0.15, -0.1) is 11.3 Å². The second-order valence-electron chi connectivity index (χ2n) is 9.46. The number of nitrogens with zero attached hydrogens (tertiary/aromatic N) is 2. The topological polar surface area (TPSA) is 61.9 Å². The molecule has 0 aliphatic carbocycles. The third kappa shape index (κ3) is 6.25. The number of ether oxygens (including phenoxy) is 1. The van der Waals surface area contributed by atoms with E-state index in [1.807, 2.05) is 46.1 Å². The Morgan fingerprint density at radius 3 is 2.70 bits per heavy atom. The molecule has 2 aromatic rings. The SMILES string of the molecule is CC[C@@H](C)N(CC(=O)N1CCc2sccc2[C@H]1COc1ccccc1F)C(=O)NC(C)(C)C. The van der Waals surface area contributed by atoms with Crippen molar-refractivity contribution in [3.8, 4) is 5.75 Å². The second-order valence-corrected chi connectivity index (χ2v) is 10.5. The molecule has 2 atom stereocenters. The third-order valence-electron chi connectivity index (χ3n) is 5.82. The molecule has 1 aromatic carbocycles. The number of nitrogens with one attached hydrogen (secondary N) is 1. The molecule has 6 nitrogen and oxygen atoms in total. The number of amides is 3. The lowest BCUT2D eigenvalue weighted by Gasteiger charge is -2.38. The summed E-state index contributed by atoms with van der Waals surface area (Å²) in [4.78, 5) is 31.0. The van der Waals surface area contributed by atoms with Crippen LogP contribution >= 0.6 is 11.3 Å². The summed E-state index contributed by atoms with van der Waals surface area (Å²) in [6.07, 6.45) is 1.49. The predicted molar refractivity (Wildman–Crippen MR) is 129 cm³/mol. The molecule has 3 rings (SSSR count). The lowest BCUT2D eigenvalue weighted by atomic mass is 10.00. The zero-order chi connectivity index (χ0) is 24.2. The molecule has 8 heteroatoms. The standard InChI is InChI=1S/C25H34FN3O3S/c1-6-17(2)29(24(31)27-25(3,4)5)15-23(30)28-13-11-22-18(12-14-33-22)20(28)16-32-21-10-8-7-9-19(21)26/h7-10,12,14,17,20H,6,11,13,15-16H2,1-5H3,(H,27,31)/t17-,20-/m1/s1. The van der Waals surface area contributed by atoms with Gasteiger partial charge in [0, 0.05) is 23.0 Å². The van der Waals surface area contributed by atoms with Crippen molar-refractivity contribution >= 4 is 23.3 Å². The maximum absolute atomic E-state index is 14.1. The van der Waals surface area contributed by atoms with Gasteiger partial charge in [-0.3, -0.25) is 4.79 Å². The Hall–Kier alpha value is -2.61. The van der Waals surface area contributed by atoms with Crippen LogP contribution in [-0.2, 0) is 11.2 Å². The first-order chi connectivity index (χ1) is 15.6. The molecule has 180 valence electrons. The normalized spacial score (nSPS) is 16.7. The van der Waals surface area contributed by atoms with Gasteiger partial charge in [0.2, 0.25) is 5.91 Å². The molecule has 1 aliphatic heterocycles. The number of benzene rings is 1. The van der Waals surface area contributed by atoms with Gasteiger partial charge in [-0.2, -0.15) is 0 Å². The van der Waals surface area contributed by atoms with E-state index >= 15 is 0 Å². The van der Waals surface area contributed by atoms with E-state index in [1.165, 1.54) is 10.9 Å². The molecule has 1 aliphatic rings. The van der Waals surface area contributed by atoms with Crippen LogP contribution in [0.1, 0.15) is 57.5 Å². The lowest BCUT2D eigenvalue weighted by molar-refractivity contribution is -0.136. The van der Waals surface area contributed by atoms with E-state index < -0.39 is 11.4 Å². The Morgan fingerprint density at radius 2 is 2.03 bits per heavy atom. The maximum atomic E-state index is 14.1. The van der Waals surface area contributed by atoms with E-state index in [0.29, 0.717) is 6.54 Å². The summed E-state index contributed by atoms with van der Waals surface area (Å²) in [5, 5.41) is 4.98. The van der Waals surface area contributed by atoms with Crippen LogP contribution in [0.3, 0.4) is 0 Å². The molecule has 1 aromatic heterocycles. The summed E-state index contributed by atoms with van der Waals surface area (Å²) >= 11 is 1.66. The van der Waals surface area contributed by atoms with Crippen LogP contribution in [0.2, 0.25) is 0 Å². The monoisotopic (exact) mass is 475 g/mol. The van der Waals surface area contributed by atoms with Crippen LogP contribution in [0.5, 0.6) is 5.75 Å². The first kappa shape index (κ1) is 25.0. The van der Waals surface area contributed by atoms with Crippen LogP contribution in [0.4, 0.5) is 9.18 Å². The zero-order valence-corrected chi connectivity index (χ0v) is 20.9. The summed E-state index contributed by atoms with van der Waals surface area (Å²) < 4.78 is 19.9. The molecule has 0 bridgehead atoms. The van der Waals surface area contributed by atoms with Gasteiger partial charge in [0.05, 0.1) is 6.04 Å². The number of carbonyl (C=O) groups excluding carboxylic acids is 2. The lowest BCUT2D eigenvalue weighted by Crippen LogP contribution is -2.55. The quantitative estimate of drug-likeness (QED) is 0.613. The highest BCUT2D eigenvalue weighted by Crippen LogP contribution is 2.34. The van der Waals surface area contributed by atoms with Crippen molar-refractivity contribution in [1.29, 1.82) is 0 Å². The minimum Gasteiger partial charge on any atom is -0.488 e. The molecule has 3 amide bonds. The zero-order valence-electron chi connectivity index (χ0n) is 20.1. The fourth-order valence-corrected chi connectivity index (χ4v) is 4.81. The molecular weight excluding hydrogens is 441 g/mol. The summed E-state index contributed by atoms with van der Waals surface area (Å²) in [6, 6.07) is 7.60. The van der Waals surface area contributed by atoms with Crippen LogP contribution in [0, 0.1) is 5.82 Å². The minimum absolute atomic E-state index is 0.0212. The number of fused-ring (bicyclic) bond motifs is 1. The predicted octanol–water partition coefficient (Wildman–Crippen LogP) is 5.00. The first-order valence-corrected chi connectivity index (χ1v) is 12.3. The molecule has 0 saturated carbocycles. The summed E-state index contributed by atoms with van der Waals surface area (Å²) in [5.74, 6) is -0.407. The van der Waals surface area contributed by atoms with Gasteiger partial charge >= 0.3 is 6.03 Å². The Bertz CT molecular complexity index is 972. The highest BCUT2D eigenvalue weighted by Gasteiger charge is 2.34. The van der Waals surface area contributed by atoms with Crippen molar-refractivity contribution in [3.63, 3.8) is 0 Å². The minimum atomic E-state index is -0.432. The van der Waals surface area contributed by atoms with E-state index in [-0.39, 0.29) is 42.9 Å². The van der Waals surface area contributed by atoms with Crippen LogP contribution in [-0.4, -0.2) is 53.0 Å². The van der Waals surface area contributed by atoms with E-state index in [9.17, 15) is 14.0 Å². The van der Waals surface area contributed by atoms with E-state index in [4.69, 9.17) is 4.74 Å². The molecule has 1 N–H and O–H groups in total. The Kier molecular flexibility index (Phi) is 8.00. The summed E-state index contributed by atoms with van der Waals surface area (Å²) in [6.45, 7) is 10.4. The first-order valence-electron chi connectivity index (χ1n) is 11.4. The number of hydrogen-bond acceptors (Lipinski definition) is 4. The van der Waals surface area contributed by atoms with Gasteiger partial charge in [0.1, 0.15) is 13.2 Å². The van der Waals surface area contributed by atoms with Crippen molar-refractivity contribution in [2.24, 2.45) is 0 Å². The molecule has 0 unspecified atom stereocenters. The number of thiophene rings is 1. The van der Waals surface area contributed by atoms with Crippen LogP contribution in [0.15, 0.2) is 35.7 Å². The average Bonchev–Trinajstić information content (AvgIpc) is 3.24. The Morgan fingerprint density at radius 1 is 1.30 bits per heavy atom. The van der Waals surface area contributed by atoms with Gasteiger partial charge in [-0.05, 0) is 69.7 Å². The van der Waals surface area contributed by atoms with Crippen molar-refractivity contribution in [1.82, 2.24) is 15.1 Å². The van der Waals surface area contributed by atoms with Crippen LogP contribution in [0.25, 0.3) is 0 Å². The number of hydrogen-bond donors (Lipinski definition) is 1. The van der Waals surface area contributed by atoms with Crippen molar-refractivity contribution in [2.45, 2.75) is 65.1 Å². The Labute approximate surface area is 199 Å². The molecular formula is C25H34FN3O3S. The number of para-hydroxylation sites is 1. The fraction of sp³-hybridized carbons (Fsp3) is 0.520. The second kappa shape index (κ2) is 10.5. The smallest absolute Gasteiger partial charge is 0.318 e. The number of rotatable bonds is 7. The molecule has 0 radical (unpaired) electrons. The van der Waals surface area contributed by atoms with Crippen molar-refractivity contribution in [2.75, 3.05) is 19.7 Å². The highest BCUT2D eigenvalue weighted by molar-refractivity contribution is 7.10. The van der Waals surface area contributed by atoms with E-state index in [2.05, 4.69) is 5.32 Å². The van der Waals surface area contributed by atoms with Crippen molar-refractivity contribution in [3.05, 3.63) is 52.0 Å². The number of urea groups is 1. The maximum Gasteiger partial charge on any atom is 0.318 e. The summed E-state index contributed by atoms with van der Waals surface area (Å²) in [5.41, 5.74) is 0.628. The van der Waals surface area contributed by atoms with Crippen LogP contribution < -0.4 is 10.1 Å². The number of carbonyl (C=O) groups is 2.